The van der Waals surface area contributed by atoms with Gasteiger partial charge in [-0.25, -0.2) is 0 Å². The lowest BCUT2D eigenvalue weighted by Gasteiger charge is -2.32. The first-order valence-corrected chi connectivity index (χ1v) is 5.93. The quantitative estimate of drug-likeness (QED) is 0.667. The third kappa shape index (κ3) is 4.40. The van der Waals surface area contributed by atoms with E-state index in [1.54, 1.807) is 0 Å². The number of nitrogens with one attached hydrogen (secondary N) is 1. The summed E-state index contributed by atoms with van der Waals surface area (Å²) in [4.78, 5) is 2.46. The number of aliphatic hydroxyl groups excluding tert-OH is 1. The molecule has 3 heteroatoms. The van der Waals surface area contributed by atoms with E-state index in [0.29, 0.717) is 6.61 Å². The third-order valence-corrected chi connectivity index (χ3v) is 2.90. The molecule has 2 N–H and O–H groups in total. The number of aliphatic hydroxyl groups is 1. The summed E-state index contributed by atoms with van der Waals surface area (Å²) in [5.74, 6) is 0. The summed E-state index contributed by atoms with van der Waals surface area (Å²) in [5, 5.41) is 12.3. The van der Waals surface area contributed by atoms with Crippen molar-refractivity contribution in [2.45, 2.75) is 38.6 Å². The van der Waals surface area contributed by atoms with Crippen LogP contribution in [0.25, 0.3) is 0 Å². The van der Waals surface area contributed by atoms with E-state index >= 15 is 0 Å². The highest BCUT2D eigenvalue weighted by molar-refractivity contribution is 4.76. The number of hydrogen-bond donors (Lipinski definition) is 2. The molecule has 1 saturated heterocycles. The van der Waals surface area contributed by atoms with Crippen molar-refractivity contribution >= 4 is 0 Å². The van der Waals surface area contributed by atoms with Crippen LogP contribution in [0, 0.1) is 0 Å². The van der Waals surface area contributed by atoms with Crippen molar-refractivity contribution in [3.05, 3.63) is 0 Å². The van der Waals surface area contributed by atoms with E-state index in [1.165, 1.54) is 32.4 Å². The first kappa shape index (κ1) is 12.0. The summed E-state index contributed by atoms with van der Waals surface area (Å²) in [7, 11) is 0. The van der Waals surface area contributed by atoms with Crippen molar-refractivity contribution in [1.29, 1.82) is 0 Å². The predicted molar refractivity (Wildman–Crippen MR) is 59.5 cm³/mol. The molecule has 0 aromatic rings. The molecule has 1 fully saturated rings. The Morgan fingerprint density at radius 3 is 2.64 bits per heavy atom. The molecule has 0 aromatic heterocycles. The maximum Gasteiger partial charge on any atom is 0.0443 e. The molecule has 0 bridgehead atoms. The molecule has 0 spiro atoms. The molecule has 0 atom stereocenters. The van der Waals surface area contributed by atoms with Gasteiger partial charge >= 0.3 is 0 Å². The number of rotatable bonds is 6. The molecule has 0 amide bonds. The zero-order chi connectivity index (χ0) is 10.2. The number of likely N-dealkylation sites (tertiary alicyclic amines) is 1. The summed E-state index contributed by atoms with van der Waals surface area (Å²) in [6.45, 7) is 7.15. The van der Waals surface area contributed by atoms with Crippen molar-refractivity contribution in [3.8, 4) is 0 Å². The molecule has 3 nitrogen and oxygen atoms in total. The Bertz CT molecular complexity index is 117. The van der Waals surface area contributed by atoms with Gasteiger partial charge in [0.15, 0.2) is 0 Å². The molecular weight excluding hydrogens is 176 g/mol. The van der Waals surface area contributed by atoms with Gasteiger partial charge in [-0.15, -0.1) is 0 Å². The third-order valence-electron chi connectivity index (χ3n) is 2.90. The molecule has 84 valence electrons. The van der Waals surface area contributed by atoms with Gasteiger partial charge in [0, 0.05) is 19.2 Å². The molecule has 1 aliphatic heterocycles. The average Bonchev–Trinajstić information content (AvgIpc) is 2.25. The van der Waals surface area contributed by atoms with E-state index in [9.17, 15) is 0 Å². The van der Waals surface area contributed by atoms with Crippen LogP contribution >= 0.6 is 0 Å². The fraction of sp³-hybridized carbons (Fsp3) is 1.00. The summed E-state index contributed by atoms with van der Waals surface area (Å²) in [5.41, 5.74) is 0. The van der Waals surface area contributed by atoms with Crippen LogP contribution in [0.15, 0.2) is 0 Å². The number of piperidine rings is 1. The Balaban J connectivity index is 2.05. The molecule has 1 rings (SSSR count). The molecule has 0 radical (unpaired) electrons. The molecule has 1 heterocycles. The second-order valence-electron chi connectivity index (χ2n) is 4.15. The van der Waals surface area contributed by atoms with Crippen LogP contribution in [0.2, 0.25) is 0 Å². The molecule has 0 unspecified atom stereocenters. The first-order chi connectivity index (χ1) is 6.86. The Morgan fingerprint density at radius 2 is 2.07 bits per heavy atom. The lowest BCUT2D eigenvalue weighted by Crippen LogP contribution is -2.43. The van der Waals surface area contributed by atoms with Crippen LogP contribution in [0.3, 0.4) is 0 Å². The highest BCUT2D eigenvalue weighted by Gasteiger charge is 2.17. The Morgan fingerprint density at radius 1 is 1.36 bits per heavy atom. The van der Waals surface area contributed by atoms with Gasteiger partial charge in [-0.3, -0.25) is 0 Å². The van der Waals surface area contributed by atoms with E-state index in [1.807, 2.05) is 0 Å². The monoisotopic (exact) mass is 200 g/mol. The van der Waals surface area contributed by atoms with Gasteiger partial charge in [0.2, 0.25) is 0 Å². The van der Waals surface area contributed by atoms with E-state index < -0.39 is 0 Å². The maximum absolute atomic E-state index is 8.73. The fourth-order valence-electron chi connectivity index (χ4n) is 2.00. The minimum Gasteiger partial charge on any atom is -0.396 e. The van der Waals surface area contributed by atoms with Crippen molar-refractivity contribution in [2.24, 2.45) is 0 Å². The zero-order valence-corrected chi connectivity index (χ0v) is 9.34. The highest BCUT2D eigenvalue weighted by Crippen LogP contribution is 2.10. The van der Waals surface area contributed by atoms with Gasteiger partial charge in [-0.2, -0.15) is 0 Å². The minimum atomic E-state index is 0.327. The Kier molecular flexibility index (Phi) is 6.15. The van der Waals surface area contributed by atoms with Gasteiger partial charge in [-0.05, 0) is 45.3 Å². The number of hydrogen-bond acceptors (Lipinski definition) is 3. The summed E-state index contributed by atoms with van der Waals surface area (Å²) in [6, 6.07) is 0.736. The molecule has 1 aliphatic rings. The van der Waals surface area contributed by atoms with Crippen molar-refractivity contribution < 1.29 is 5.11 Å². The van der Waals surface area contributed by atoms with Crippen LogP contribution in [-0.2, 0) is 0 Å². The summed E-state index contributed by atoms with van der Waals surface area (Å²) >= 11 is 0. The predicted octanol–water partition coefficient (Wildman–Crippen LogP) is 0.833. The zero-order valence-electron chi connectivity index (χ0n) is 9.34. The molecular formula is C11H24N2O. The molecule has 0 aromatic carbocycles. The van der Waals surface area contributed by atoms with E-state index in [2.05, 4.69) is 17.1 Å². The Hall–Kier alpha value is -0.120. The van der Waals surface area contributed by atoms with Crippen LogP contribution in [0.1, 0.15) is 32.6 Å². The topological polar surface area (TPSA) is 35.5 Å². The average molecular weight is 200 g/mol. The van der Waals surface area contributed by atoms with Crippen molar-refractivity contribution in [1.82, 2.24) is 10.2 Å². The lowest BCUT2D eigenvalue weighted by molar-refractivity contribution is 0.178. The van der Waals surface area contributed by atoms with Gasteiger partial charge in [0.05, 0.1) is 0 Å². The Labute approximate surface area is 87.5 Å². The van der Waals surface area contributed by atoms with Gasteiger partial charge in [0.25, 0.3) is 0 Å². The van der Waals surface area contributed by atoms with Crippen molar-refractivity contribution in [3.63, 3.8) is 0 Å². The lowest BCUT2D eigenvalue weighted by atomic mass is 10.0. The van der Waals surface area contributed by atoms with Crippen LogP contribution in [0.5, 0.6) is 0 Å². The largest absolute Gasteiger partial charge is 0.396 e. The standard InChI is InChI=1S/C11H24N2O/c1-2-6-12-11-4-8-13(9-5-11)7-3-10-14/h11-12,14H,2-10H2,1H3. The fourth-order valence-corrected chi connectivity index (χ4v) is 2.00. The summed E-state index contributed by atoms with van der Waals surface area (Å²) < 4.78 is 0. The number of nitrogens with zero attached hydrogens (tertiary/aromatic N) is 1. The van der Waals surface area contributed by atoms with Crippen molar-refractivity contribution in [2.75, 3.05) is 32.8 Å². The minimum absolute atomic E-state index is 0.327. The van der Waals surface area contributed by atoms with Crippen LogP contribution in [-0.4, -0.2) is 48.8 Å². The van der Waals surface area contributed by atoms with Crippen LogP contribution in [0.4, 0.5) is 0 Å². The van der Waals surface area contributed by atoms with Crippen LogP contribution < -0.4 is 5.32 Å². The molecule has 14 heavy (non-hydrogen) atoms. The van der Waals surface area contributed by atoms with E-state index in [4.69, 9.17) is 5.11 Å². The molecule has 0 aliphatic carbocycles. The first-order valence-electron chi connectivity index (χ1n) is 5.93. The second-order valence-corrected chi connectivity index (χ2v) is 4.15. The van der Waals surface area contributed by atoms with Gasteiger partial charge in [0.1, 0.15) is 0 Å². The second kappa shape index (κ2) is 7.21. The van der Waals surface area contributed by atoms with Gasteiger partial charge in [-0.1, -0.05) is 6.92 Å². The smallest absolute Gasteiger partial charge is 0.0443 e. The normalized spacial score (nSPS) is 20.1. The van der Waals surface area contributed by atoms with E-state index in [-0.39, 0.29) is 0 Å². The molecule has 0 saturated carbocycles. The maximum atomic E-state index is 8.73. The summed E-state index contributed by atoms with van der Waals surface area (Å²) in [6.07, 6.45) is 4.69. The van der Waals surface area contributed by atoms with Gasteiger partial charge < -0.3 is 15.3 Å². The SMILES string of the molecule is CCCNC1CCN(CCCO)CC1. The highest BCUT2D eigenvalue weighted by atomic mass is 16.3. The van der Waals surface area contributed by atoms with E-state index in [0.717, 1.165) is 25.6 Å².